The molecule has 5 heteroatoms. The number of hydrogen-bond donors (Lipinski definition) is 0. The molecule has 0 saturated carbocycles. The van der Waals surface area contributed by atoms with Crippen molar-refractivity contribution < 1.29 is 4.79 Å². The number of thiazole rings is 1. The van der Waals surface area contributed by atoms with E-state index in [1.807, 2.05) is 0 Å². The van der Waals surface area contributed by atoms with Gasteiger partial charge in [-0.1, -0.05) is 6.92 Å². The van der Waals surface area contributed by atoms with Crippen LogP contribution in [0.3, 0.4) is 0 Å². The van der Waals surface area contributed by atoms with Crippen LogP contribution in [0.4, 0.5) is 0 Å². The van der Waals surface area contributed by atoms with Crippen LogP contribution in [0.5, 0.6) is 0 Å². The number of carbonyl (C=O) groups is 1. The number of alkyl halides is 1. The zero-order valence-corrected chi connectivity index (χ0v) is 11.1. The minimum atomic E-state index is -0.114. The normalized spacial score (nSPS) is 10.6. The highest BCUT2D eigenvalue weighted by Gasteiger charge is 2.11. The molecule has 0 fully saturated rings. The van der Waals surface area contributed by atoms with Gasteiger partial charge in [0.15, 0.2) is 5.78 Å². The van der Waals surface area contributed by atoms with E-state index >= 15 is 0 Å². The number of hydrogen-bond acceptors (Lipinski definition) is 4. The Morgan fingerprint density at radius 2 is 2.31 bits per heavy atom. The quantitative estimate of drug-likeness (QED) is 0.624. The van der Waals surface area contributed by atoms with Gasteiger partial charge in [0.1, 0.15) is 10.7 Å². The number of Topliss-reactive ketones (excluding diaryl/α,β-unsaturated/α-hetero) is 1. The van der Waals surface area contributed by atoms with E-state index in [9.17, 15) is 4.79 Å². The Morgan fingerprint density at radius 1 is 1.50 bits per heavy atom. The topological polar surface area (TPSA) is 30.0 Å². The molecule has 0 aliphatic heterocycles. The number of halogens is 1. The largest absolute Gasteiger partial charge is 0.291 e. The third-order valence-corrected chi connectivity index (χ3v) is 4.62. The molecular weight excluding hydrogens is 262 g/mol. The number of nitrogens with zero attached hydrogens (tertiary/aromatic N) is 1. The first-order valence-electron chi connectivity index (χ1n) is 4.88. The summed E-state index contributed by atoms with van der Waals surface area (Å²) < 4.78 is 0. The molecule has 2 rings (SSSR count). The number of thiophene rings is 1. The van der Waals surface area contributed by atoms with Crippen molar-refractivity contribution in [3.63, 3.8) is 0 Å². The molecule has 0 spiro atoms. The van der Waals surface area contributed by atoms with Crippen LogP contribution in [0, 0.1) is 0 Å². The van der Waals surface area contributed by atoms with Gasteiger partial charge in [-0.15, -0.1) is 34.3 Å². The van der Waals surface area contributed by atoms with Crippen LogP contribution in [-0.4, -0.2) is 16.6 Å². The Balaban J connectivity index is 2.27. The molecule has 0 bridgehead atoms. The van der Waals surface area contributed by atoms with Crippen LogP contribution < -0.4 is 0 Å². The lowest BCUT2D eigenvalue weighted by Crippen LogP contribution is -1.99. The summed E-state index contributed by atoms with van der Waals surface area (Å²) in [5.74, 6) is -0.121. The lowest BCUT2D eigenvalue weighted by Gasteiger charge is -1.89. The van der Waals surface area contributed by atoms with Gasteiger partial charge in [-0.2, -0.15) is 0 Å². The van der Waals surface area contributed by atoms with Crippen molar-refractivity contribution in [1.82, 2.24) is 4.98 Å². The molecule has 84 valence electrons. The molecule has 2 aromatic heterocycles. The van der Waals surface area contributed by atoms with E-state index in [0.717, 1.165) is 16.3 Å². The van der Waals surface area contributed by atoms with Gasteiger partial charge in [0.25, 0.3) is 0 Å². The van der Waals surface area contributed by atoms with E-state index in [0.29, 0.717) is 5.69 Å². The van der Waals surface area contributed by atoms with Crippen molar-refractivity contribution >= 4 is 40.1 Å². The van der Waals surface area contributed by atoms with Gasteiger partial charge < -0.3 is 0 Å². The maximum Gasteiger partial charge on any atom is 0.196 e. The number of aryl methyl sites for hydroxylation is 1. The van der Waals surface area contributed by atoms with E-state index in [1.165, 1.54) is 16.2 Å². The standard InChI is InChI=1S/C11H10ClNOS2/c1-2-7-3-4-10(16-7)11-13-8(6-15-11)9(14)5-12/h3-4,6H,2,5H2,1H3. The monoisotopic (exact) mass is 271 g/mol. The van der Waals surface area contributed by atoms with Crippen LogP contribution in [0.2, 0.25) is 0 Å². The van der Waals surface area contributed by atoms with Crippen molar-refractivity contribution in [1.29, 1.82) is 0 Å². The van der Waals surface area contributed by atoms with Gasteiger partial charge in [0.05, 0.1) is 10.8 Å². The minimum Gasteiger partial charge on any atom is -0.291 e. The minimum absolute atomic E-state index is 0.00613. The second-order valence-electron chi connectivity index (χ2n) is 3.21. The Labute approximate surface area is 107 Å². The molecule has 0 aliphatic rings. The zero-order chi connectivity index (χ0) is 11.5. The summed E-state index contributed by atoms with van der Waals surface area (Å²) in [5, 5.41) is 2.67. The van der Waals surface area contributed by atoms with Crippen molar-refractivity contribution in [2.24, 2.45) is 0 Å². The van der Waals surface area contributed by atoms with Crippen LogP contribution >= 0.6 is 34.3 Å². The van der Waals surface area contributed by atoms with Gasteiger partial charge in [-0.05, 0) is 18.6 Å². The van der Waals surface area contributed by atoms with Gasteiger partial charge in [0, 0.05) is 10.3 Å². The molecular formula is C11H10ClNOS2. The number of carbonyl (C=O) groups excluding carboxylic acids is 1. The smallest absolute Gasteiger partial charge is 0.196 e. The molecule has 0 saturated heterocycles. The van der Waals surface area contributed by atoms with Crippen molar-refractivity contribution in [3.05, 3.63) is 28.1 Å². The first-order chi connectivity index (χ1) is 7.74. The lowest BCUT2D eigenvalue weighted by atomic mass is 10.3. The molecule has 0 aromatic carbocycles. The summed E-state index contributed by atoms with van der Waals surface area (Å²) in [6.45, 7) is 2.12. The van der Waals surface area contributed by atoms with Gasteiger partial charge in [0.2, 0.25) is 0 Å². The van der Waals surface area contributed by atoms with Crippen LogP contribution in [0.15, 0.2) is 17.5 Å². The predicted molar refractivity (Wildman–Crippen MR) is 69.9 cm³/mol. The summed E-state index contributed by atoms with van der Waals surface area (Å²) >= 11 is 8.70. The second-order valence-corrected chi connectivity index (χ2v) is 5.51. The van der Waals surface area contributed by atoms with E-state index in [-0.39, 0.29) is 11.7 Å². The average Bonchev–Trinajstić information content (AvgIpc) is 2.95. The first-order valence-corrected chi connectivity index (χ1v) is 7.11. The summed E-state index contributed by atoms with van der Waals surface area (Å²) in [7, 11) is 0. The Kier molecular flexibility index (Phi) is 3.74. The zero-order valence-electron chi connectivity index (χ0n) is 8.70. The number of rotatable bonds is 4. The lowest BCUT2D eigenvalue weighted by molar-refractivity contribution is 0.101. The molecule has 0 amide bonds. The van der Waals surface area contributed by atoms with E-state index in [4.69, 9.17) is 11.6 Å². The molecule has 0 N–H and O–H groups in total. The maximum atomic E-state index is 11.3. The third kappa shape index (κ3) is 2.34. The average molecular weight is 272 g/mol. The van der Waals surface area contributed by atoms with Gasteiger partial charge in [-0.25, -0.2) is 4.98 Å². The van der Waals surface area contributed by atoms with Crippen molar-refractivity contribution in [2.75, 3.05) is 5.88 Å². The molecule has 0 unspecified atom stereocenters. The highest BCUT2D eigenvalue weighted by atomic mass is 35.5. The highest BCUT2D eigenvalue weighted by molar-refractivity contribution is 7.21. The SMILES string of the molecule is CCc1ccc(-c2nc(C(=O)CCl)cs2)s1. The van der Waals surface area contributed by atoms with E-state index in [2.05, 4.69) is 24.0 Å². The first kappa shape index (κ1) is 11.8. The third-order valence-electron chi connectivity index (χ3n) is 2.13. The van der Waals surface area contributed by atoms with Crippen LogP contribution in [0.25, 0.3) is 9.88 Å². The van der Waals surface area contributed by atoms with Crippen LogP contribution in [-0.2, 0) is 6.42 Å². The Hall–Kier alpha value is -0.710. The molecule has 0 atom stereocenters. The fourth-order valence-electron chi connectivity index (χ4n) is 1.27. The van der Waals surface area contributed by atoms with Crippen molar-refractivity contribution in [2.45, 2.75) is 13.3 Å². The second kappa shape index (κ2) is 5.08. The molecule has 2 heterocycles. The van der Waals surface area contributed by atoms with Crippen LogP contribution in [0.1, 0.15) is 22.3 Å². The summed E-state index contributed by atoms with van der Waals surface area (Å²) in [6.07, 6.45) is 1.03. The predicted octanol–water partition coefficient (Wildman–Crippen LogP) is 3.86. The van der Waals surface area contributed by atoms with Crippen molar-refractivity contribution in [3.8, 4) is 9.88 Å². The highest BCUT2D eigenvalue weighted by Crippen LogP contribution is 2.30. The van der Waals surface area contributed by atoms with Gasteiger partial charge >= 0.3 is 0 Å². The molecule has 0 aliphatic carbocycles. The fraction of sp³-hybridized carbons (Fsp3) is 0.273. The number of aromatic nitrogens is 1. The van der Waals surface area contributed by atoms with E-state index in [1.54, 1.807) is 16.7 Å². The fourth-order valence-corrected chi connectivity index (χ4v) is 3.25. The molecule has 2 aromatic rings. The van der Waals surface area contributed by atoms with E-state index < -0.39 is 0 Å². The molecule has 0 radical (unpaired) electrons. The Morgan fingerprint density at radius 3 is 2.94 bits per heavy atom. The van der Waals surface area contributed by atoms with Gasteiger partial charge in [-0.3, -0.25) is 4.79 Å². The summed E-state index contributed by atoms with van der Waals surface area (Å²) in [6, 6.07) is 4.15. The molecule has 16 heavy (non-hydrogen) atoms. The summed E-state index contributed by atoms with van der Waals surface area (Å²) in [5.41, 5.74) is 0.474. The maximum absolute atomic E-state index is 11.3. The Bertz CT molecular complexity index is 504. The number of ketones is 1. The summed E-state index contributed by atoms with van der Waals surface area (Å²) in [4.78, 5) is 18.1. The molecule has 2 nitrogen and oxygen atoms in total.